The summed E-state index contributed by atoms with van der Waals surface area (Å²) in [6.07, 6.45) is 3.54. The van der Waals surface area contributed by atoms with Crippen LogP contribution >= 0.6 is 0 Å². The summed E-state index contributed by atoms with van der Waals surface area (Å²) in [4.78, 5) is 24.5. The highest BCUT2D eigenvalue weighted by Crippen LogP contribution is 2.30. The summed E-state index contributed by atoms with van der Waals surface area (Å²) < 4.78 is 10.8. The first-order valence-corrected chi connectivity index (χ1v) is 8.31. The van der Waals surface area contributed by atoms with Gasteiger partial charge in [-0.25, -0.2) is 0 Å². The average Bonchev–Trinajstić information content (AvgIpc) is 3.21. The predicted octanol–water partition coefficient (Wildman–Crippen LogP) is 0.878. The fourth-order valence-electron chi connectivity index (χ4n) is 2.96. The van der Waals surface area contributed by atoms with E-state index in [0.717, 1.165) is 12.0 Å². The number of carbonyl (C=O) groups excluding carboxylic acids is 2. The molecule has 0 aliphatic heterocycles. The molecule has 0 unspecified atom stereocenters. The third kappa shape index (κ3) is 3.68. The minimum Gasteiger partial charge on any atom is -0.469 e. The minimum absolute atomic E-state index is 0.100. The zero-order valence-corrected chi connectivity index (χ0v) is 15.0. The van der Waals surface area contributed by atoms with E-state index >= 15 is 0 Å². The molecule has 10 nitrogen and oxygen atoms in total. The number of fused-ring (bicyclic) bond motifs is 1. The first-order valence-electron chi connectivity index (χ1n) is 8.31. The molecule has 2 aromatic rings. The van der Waals surface area contributed by atoms with Crippen molar-refractivity contribution in [3.63, 3.8) is 0 Å². The van der Waals surface area contributed by atoms with Gasteiger partial charge in [-0.1, -0.05) is 0 Å². The van der Waals surface area contributed by atoms with Gasteiger partial charge in [-0.05, 0) is 32.8 Å². The lowest BCUT2D eigenvalue weighted by atomic mass is 9.93. The quantitative estimate of drug-likeness (QED) is 0.355. The Morgan fingerprint density at radius 3 is 2.56 bits per heavy atom. The Kier molecular flexibility index (Phi) is 4.97. The van der Waals surface area contributed by atoms with Gasteiger partial charge >= 0.3 is 5.91 Å². The first-order chi connectivity index (χ1) is 12.9. The van der Waals surface area contributed by atoms with E-state index in [1.807, 2.05) is 0 Å². The number of guanidine groups is 1. The number of nitrogens with two attached hydrogens (primary N) is 2. The number of hydrogen-bond acceptors (Lipinski definition) is 6. The smallest absolute Gasteiger partial charge is 0.305 e. The van der Waals surface area contributed by atoms with Gasteiger partial charge in [-0.2, -0.15) is 5.10 Å². The van der Waals surface area contributed by atoms with Gasteiger partial charge in [0, 0.05) is 17.5 Å². The fourth-order valence-corrected chi connectivity index (χ4v) is 2.96. The molecule has 3 rings (SSSR count). The lowest BCUT2D eigenvalue weighted by Crippen LogP contribution is -2.41. The maximum atomic E-state index is 12.5. The topological polar surface area (TPSA) is 161 Å². The number of furan rings is 2. The van der Waals surface area contributed by atoms with Crippen molar-refractivity contribution in [2.45, 2.75) is 33.1 Å². The molecular formula is C17H20N6O4. The zero-order chi connectivity index (χ0) is 19.6. The highest BCUT2D eigenvalue weighted by atomic mass is 16.4. The first kappa shape index (κ1) is 18.2. The second-order valence-corrected chi connectivity index (χ2v) is 6.08. The second kappa shape index (κ2) is 7.36. The van der Waals surface area contributed by atoms with Crippen molar-refractivity contribution in [2.75, 3.05) is 0 Å². The predicted molar refractivity (Wildman–Crippen MR) is 97.1 cm³/mol. The molecule has 10 heteroatoms. The molecule has 0 bridgehead atoms. The van der Waals surface area contributed by atoms with Crippen molar-refractivity contribution in [1.29, 1.82) is 0 Å². The number of nitrogens with one attached hydrogen (secondary N) is 2. The molecular weight excluding hydrogens is 352 g/mol. The Balaban J connectivity index is 1.79. The summed E-state index contributed by atoms with van der Waals surface area (Å²) in [5, 5.41) is 7.75. The van der Waals surface area contributed by atoms with Crippen LogP contribution in [0.25, 0.3) is 0 Å². The molecule has 0 spiro atoms. The largest absolute Gasteiger partial charge is 0.469 e. The third-order valence-electron chi connectivity index (χ3n) is 4.21. The molecule has 0 saturated heterocycles. The zero-order valence-electron chi connectivity index (χ0n) is 15.0. The summed E-state index contributed by atoms with van der Waals surface area (Å²) in [6, 6.07) is 1.51. The molecule has 1 aliphatic carbocycles. The summed E-state index contributed by atoms with van der Waals surface area (Å²) in [6.45, 7) is 3.40. The summed E-state index contributed by atoms with van der Waals surface area (Å²) >= 11 is 0. The number of nitrogens with zero attached hydrogens (tertiary/aromatic N) is 2. The Morgan fingerprint density at radius 1 is 1.15 bits per heavy atom. The molecule has 2 amide bonds. The van der Waals surface area contributed by atoms with E-state index in [0.29, 0.717) is 41.2 Å². The van der Waals surface area contributed by atoms with Crippen LogP contribution in [0.5, 0.6) is 0 Å². The third-order valence-corrected chi connectivity index (χ3v) is 4.21. The van der Waals surface area contributed by atoms with E-state index in [1.165, 1.54) is 12.3 Å². The molecule has 0 aromatic carbocycles. The van der Waals surface area contributed by atoms with Gasteiger partial charge in [0.25, 0.3) is 5.91 Å². The van der Waals surface area contributed by atoms with E-state index < -0.39 is 11.8 Å². The maximum absolute atomic E-state index is 12.5. The van der Waals surface area contributed by atoms with Gasteiger partial charge in [-0.3, -0.25) is 20.4 Å². The second-order valence-electron chi connectivity index (χ2n) is 6.08. The van der Waals surface area contributed by atoms with Crippen LogP contribution in [0.4, 0.5) is 0 Å². The SMILES string of the molecule is Cc1occc1C(=O)NNC(=O)c1oc2c(c1C)/C(=N/N=C(N)N)CCC2. The molecule has 0 atom stereocenters. The summed E-state index contributed by atoms with van der Waals surface area (Å²) in [5.74, 6) is -0.0110. The van der Waals surface area contributed by atoms with Crippen molar-refractivity contribution < 1.29 is 18.4 Å². The lowest BCUT2D eigenvalue weighted by Gasteiger charge is -2.11. The molecule has 0 radical (unpaired) electrons. The molecule has 27 heavy (non-hydrogen) atoms. The van der Waals surface area contributed by atoms with Crippen LogP contribution in [0.15, 0.2) is 31.4 Å². The Bertz CT molecular complexity index is 949. The number of hydrazine groups is 1. The Labute approximate surface area is 154 Å². The lowest BCUT2D eigenvalue weighted by molar-refractivity contribution is 0.0828. The number of aryl methyl sites for hydroxylation is 2. The molecule has 2 heterocycles. The standard InChI is InChI=1S/C17H20N6O4/c1-8-13-11(20-23-17(18)19)4-3-5-12(13)27-14(8)16(25)22-21-15(24)10-6-7-26-9(10)2/h6-7H,3-5H2,1-2H3,(H,21,24)(H,22,25)(H4,18,19,23)/b20-11+. The fraction of sp³-hybridized carbons (Fsp3) is 0.294. The van der Waals surface area contributed by atoms with E-state index in [2.05, 4.69) is 21.1 Å². The Morgan fingerprint density at radius 2 is 1.89 bits per heavy atom. The number of hydrogen-bond donors (Lipinski definition) is 4. The van der Waals surface area contributed by atoms with Crippen LogP contribution in [0, 0.1) is 13.8 Å². The van der Waals surface area contributed by atoms with Crippen molar-refractivity contribution in [1.82, 2.24) is 10.9 Å². The molecule has 2 aromatic heterocycles. The minimum atomic E-state index is -0.572. The van der Waals surface area contributed by atoms with Crippen LogP contribution in [-0.2, 0) is 6.42 Å². The molecule has 142 valence electrons. The average molecular weight is 372 g/mol. The van der Waals surface area contributed by atoms with E-state index in [1.54, 1.807) is 13.8 Å². The highest BCUT2D eigenvalue weighted by molar-refractivity contribution is 6.07. The van der Waals surface area contributed by atoms with Gasteiger partial charge < -0.3 is 20.3 Å². The van der Waals surface area contributed by atoms with Crippen molar-refractivity contribution in [2.24, 2.45) is 21.7 Å². The maximum Gasteiger partial charge on any atom is 0.305 e. The van der Waals surface area contributed by atoms with Gasteiger partial charge in [0.15, 0.2) is 5.76 Å². The van der Waals surface area contributed by atoms with Gasteiger partial charge in [0.2, 0.25) is 5.96 Å². The highest BCUT2D eigenvalue weighted by Gasteiger charge is 2.28. The Hall–Kier alpha value is -3.56. The number of carbonyl (C=O) groups is 2. The number of amides is 2. The van der Waals surface area contributed by atoms with Crippen LogP contribution in [-0.4, -0.2) is 23.5 Å². The van der Waals surface area contributed by atoms with Crippen LogP contribution in [0.3, 0.4) is 0 Å². The van der Waals surface area contributed by atoms with E-state index in [9.17, 15) is 9.59 Å². The van der Waals surface area contributed by atoms with Crippen molar-refractivity contribution >= 4 is 23.5 Å². The molecule has 6 N–H and O–H groups in total. The van der Waals surface area contributed by atoms with E-state index in [-0.39, 0.29) is 11.7 Å². The van der Waals surface area contributed by atoms with Crippen LogP contribution < -0.4 is 22.3 Å². The van der Waals surface area contributed by atoms with Crippen LogP contribution in [0.1, 0.15) is 56.4 Å². The number of rotatable bonds is 3. The molecule has 0 fully saturated rings. The van der Waals surface area contributed by atoms with E-state index in [4.69, 9.17) is 20.3 Å². The van der Waals surface area contributed by atoms with Gasteiger partial charge in [-0.15, -0.1) is 5.10 Å². The summed E-state index contributed by atoms with van der Waals surface area (Å²) in [7, 11) is 0. The normalized spacial score (nSPS) is 14.5. The summed E-state index contributed by atoms with van der Waals surface area (Å²) in [5.41, 5.74) is 17.7. The van der Waals surface area contributed by atoms with Crippen LogP contribution in [0.2, 0.25) is 0 Å². The monoisotopic (exact) mass is 372 g/mol. The van der Waals surface area contributed by atoms with Gasteiger partial charge in [0.1, 0.15) is 11.5 Å². The molecule has 0 saturated carbocycles. The molecule has 1 aliphatic rings. The van der Waals surface area contributed by atoms with Crippen molar-refractivity contribution in [3.05, 3.63) is 46.3 Å². The van der Waals surface area contributed by atoms with Gasteiger partial charge in [0.05, 0.1) is 17.5 Å². The van der Waals surface area contributed by atoms with Crippen molar-refractivity contribution in [3.8, 4) is 0 Å².